The van der Waals surface area contributed by atoms with Crippen LogP contribution in [-0.4, -0.2) is 53.3 Å². The SMILES string of the molecule is COCCOC1[C@@H](O)[C@@H](CC(C)(C)C)O[C@H]1n1ccc(N)nc1=O. The second-order valence-electron chi connectivity index (χ2n) is 7.19. The number of nitrogens with zero attached hydrogens (tertiary/aromatic N) is 2. The van der Waals surface area contributed by atoms with Crippen molar-refractivity contribution in [2.75, 3.05) is 26.1 Å². The standard InChI is InChI=1S/C16H27N3O5/c1-16(2,3)9-10-12(20)13(23-8-7-22-4)14(24-10)19-6-5-11(17)18-15(19)21/h5-6,10,12-14,20H,7-9H2,1-4H3,(H2,17,18,21)/t10-,12+,13?,14-/m1/s1. The number of ether oxygens (including phenoxy) is 3. The monoisotopic (exact) mass is 341 g/mol. The third kappa shape index (κ3) is 4.54. The third-order valence-electron chi connectivity index (χ3n) is 3.85. The smallest absolute Gasteiger partial charge is 0.351 e. The molecular weight excluding hydrogens is 314 g/mol. The number of nitrogen functional groups attached to an aromatic ring is 1. The van der Waals surface area contributed by atoms with Crippen molar-refractivity contribution in [1.29, 1.82) is 0 Å². The topological polar surface area (TPSA) is 109 Å². The summed E-state index contributed by atoms with van der Waals surface area (Å²) in [6.07, 6.45) is -0.594. The molecule has 24 heavy (non-hydrogen) atoms. The molecule has 0 spiro atoms. The fourth-order valence-electron chi connectivity index (χ4n) is 2.78. The molecule has 0 saturated carbocycles. The summed E-state index contributed by atoms with van der Waals surface area (Å²) in [5.41, 5.74) is 4.96. The summed E-state index contributed by atoms with van der Waals surface area (Å²) in [6, 6.07) is 1.51. The molecule has 136 valence electrons. The van der Waals surface area contributed by atoms with Gasteiger partial charge in [-0.1, -0.05) is 20.8 Å². The molecule has 1 unspecified atom stereocenters. The predicted molar refractivity (Wildman–Crippen MR) is 88.5 cm³/mol. The maximum atomic E-state index is 12.1. The summed E-state index contributed by atoms with van der Waals surface area (Å²) in [4.78, 5) is 15.8. The van der Waals surface area contributed by atoms with Crippen LogP contribution in [0.25, 0.3) is 0 Å². The third-order valence-corrected chi connectivity index (χ3v) is 3.85. The number of rotatable bonds is 6. The van der Waals surface area contributed by atoms with Crippen molar-refractivity contribution in [1.82, 2.24) is 9.55 Å². The van der Waals surface area contributed by atoms with E-state index in [0.29, 0.717) is 13.0 Å². The first-order valence-corrected chi connectivity index (χ1v) is 8.01. The molecule has 2 rings (SSSR count). The van der Waals surface area contributed by atoms with Crippen molar-refractivity contribution < 1.29 is 19.3 Å². The molecule has 0 aliphatic carbocycles. The molecule has 0 aromatic carbocycles. The molecule has 8 heteroatoms. The van der Waals surface area contributed by atoms with Gasteiger partial charge in [0, 0.05) is 13.3 Å². The largest absolute Gasteiger partial charge is 0.388 e. The second kappa shape index (κ2) is 7.60. The molecule has 0 amide bonds. The van der Waals surface area contributed by atoms with Crippen LogP contribution in [0.3, 0.4) is 0 Å². The molecular formula is C16H27N3O5. The van der Waals surface area contributed by atoms with Crippen molar-refractivity contribution in [3.8, 4) is 0 Å². The molecule has 0 radical (unpaired) electrons. The van der Waals surface area contributed by atoms with Crippen LogP contribution in [0.1, 0.15) is 33.4 Å². The summed E-state index contributed by atoms with van der Waals surface area (Å²) in [7, 11) is 1.57. The van der Waals surface area contributed by atoms with Crippen LogP contribution in [0.4, 0.5) is 5.82 Å². The Morgan fingerprint density at radius 1 is 1.42 bits per heavy atom. The zero-order valence-electron chi connectivity index (χ0n) is 14.6. The normalized spacial score (nSPS) is 27.5. The van der Waals surface area contributed by atoms with Gasteiger partial charge in [-0.3, -0.25) is 4.57 Å². The van der Waals surface area contributed by atoms with E-state index in [0.717, 1.165) is 0 Å². The molecule has 2 heterocycles. The molecule has 3 N–H and O–H groups in total. The first-order chi connectivity index (χ1) is 11.2. The fourth-order valence-corrected chi connectivity index (χ4v) is 2.78. The highest BCUT2D eigenvalue weighted by molar-refractivity contribution is 5.23. The van der Waals surface area contributed by atoms with Crippen molar-refractivity contribution in [2.24, 2.45) is 5.41 Å². The summed E-state index contributed by atoms with van der Waals surface area (Å²) >= 11 is 0. The number of nitrogens with two attached hydrogens (primary N) is 1. The van der Waals surface area contributed by atoms with Gasteiger partial charge in [-0.05, 0) is 17.9 Å². The molecule has 1 saturated heterocycles. The number of methoxy groups -OCH3 is 1. The Labute approximate surface area is 141 Å². The first kappa shape index (κ1) is 18.9. The van der Waals surface area contributed by atoms with E-state index in [9.17, 15) is 9.90 Å². The Kier molecular flexibility index (Phi) is 5.97. The molecule has 1 aromatic heterocycles. The van der Waals surface area contributed by atoms with Gasteiger partial charge in [-0.25, -0.2) is 4.79 Å². The van der Waals surface area contributed by atoms with Crippen molar-refractivity contribution in [3.63, 3.8) is 0 Å². The van der Waals surface area contributed by atoms with Gasteiger partial charge < -0.3 is 25.1 Å². The van der Waals surface area contributed by atoms with E-state index < -0.39 is 30.2 Å². The average molecular weight is 341 g/mol. The van der Waals surface area contributed by atoms with E-state index in [4.69, 9.17) is 19.9 Å². The summed E-state index contributed by atoms with van der Waals surface area (Å²) < 4.78 is 18.0. The number of aromatic nitrogens is 2. The number of aliphatic hydroxyl groups excluding tert-OH is 1. The van der Waals surface area contributed by atoms with Gasteiger partial charge in [0.25, 0.3) is 0 Å². The molecule has 1 aromatic rings. The summed E-state index contributed by atoms with van der Waals surface area (Å²) in [6.45, 7) is 6.86. The van der Waals surface area contributed by atoms with E-state index in [-0.39, 0.29) is 17.8 Å². The van der Waals surface area contributed by atoms with Crippen LogP contribution in [0.15, 0.2) is 17.1 Å². The van der Waals surface area contributed by atoms with Gasteiger partial charge in [-0.15, -0.1) is 0 Å². The average Bonchev–Trinajstić information content (AvgIpc) is 2.75. The number of hydrogen-bond acceptors (Lipinski definition) is 7. The zero-order valence-corrected chi connectivity index (χ0v) is 14.6. The van der Waals surface area contributed by atoms with Crippen molar-refractivity contribution >= 4 is 5.82 Å². The minimum atomic E-state index is -0.851. The molecule has 4 atom stereocenters. The van der Waals surface area contributed by atoms with Crippen LogP contribution in [-0.2, 0) is 14.2 Å². The van der Waals surface area contributed by atoms with Gasteiger partial charge in [0.05, 0.1) is 19.3 Å². The molecule has 0 bridgehead atoms. The molecule has 1 aliphatic rings. The quantitative estimate of drug-likeness (QED) is 0.727. The highest BCUT2D eigenvalue weighted by Gasteiger charge is 2.46. The van der Waals surface area contributed by atoms with E-state index in [2.05, 4.69) is 25.8 Å². The van der Waals surface area contributed by atoms with Crippen LogP contribution in [0, 0.1) is 5.41 Å². The predicted octanol–water partition coefficient (Wildman–Crippen LogP) is 0.552. The number of aliphatic hydroxyl groups is 1. The lowest BCUT2D eigenvalue weighted by Crippen LogP contribution is -2.38. The van der Waals surface area contributed by atoms with Gasteiger partial charge in [0.1, 0.15) is 18.0 Å². The van der Waals surface area contributed by atoms with E-state index in [1.807, 2.05) is 0 Å². The molecule has 1 aliphatic heterocycles. The maximum Gasteiger partial charge on any atom is 0.351 e. The minimum Gasteiger partial charge on any atom is -0.388 e. The Morgan fingerprint density at radius 2 is 2.12 bits per heavy atom. The van der Waals surface area contributed by atoms with Gasteiger partial charge in [0.2, 0.25) is 0 Å². The summed E-state index contributed by atoms with van der Waals surface area (Å²) in [5, 5.41) is 10.6. The lowest BCUT2D eigenvalue weighted by atomic mass is 9.87. The lowest BCUT2D eigenvalue weighted by molar-refractivity contribution is -0.0810. The van der Waals surface area contributed by atoms with Gasteiger partial charge >= 0.3 is 5.69 Å². The van der Waals surface area contributed by atoms with Crippen LogP contribution in [0.2, 0.25) is 0 Å². The van der Waals surface area contributed by atoms with E-state index in [1.165, 1.54) is 16.8 Å². The minimum absolute atomic E-state index is 0.0397. The second-order valence-corrected chi connectivity index (χ2v) is 7.19. The lowest BCUT2D eigenvalue weighted by Gasteiger charge is -2.24. The first-order valence-electron chi connectivity index (χ1n) is 8.01. The Bertz CT molecular complexity index is 598. The highest BCUT2D eigenvalue weighted by atomic mass is 16.6. The maximum absolute atomic E-state index is 12.1. The van der Waals surface area contributed by atoms with Crippen LogP contribution in [0.5, 0.6) is 0 Å². The van der Waals surface area contributed by atoms with Crippen LogP contribution >= 0.6 is 0 Å². The highest BCUT2D eigenvalue weighted by Crippen LogP contribution is 2.36. The van der Waals surface area contributed by atoms with Gasteiger partial charge in [-0.2, -0.15) is 4.98 Å². The molecule has 1 fully saturated rings. The zero-order chi connectivity index (χ0) is 17.9. The van der Waals surface area contributed by atoms with Crippen LogP contribution < -0.4 is 11.4 Å². The van der Waals surface area contributed by atoms with Crippen molar-refractivity contribution in [2.45, 2.75) is 51.7 Å². The fraction of sp³-hybridized carbons (Fsp3) is 0.750. The van der Waals surface area contributed by atoms with E-state index in [1.54, 1.807) is 7.11 Å². The number of hydrogen-bond donors (Lipinski definition) is 2. The Morgan fingerprint density at radius 3 is 2.71 bits per heavy atom. The Balaban J connectivity index is 2.25. The Hall–Kier alpha value is -1.48. The summed E-state index contributed by atoms with van der Waals surface area (Å²) in [5.74, 6) is 0.137. The van der Waals surface area contributed by atoms with Crippen molar-refractivity contribution in [3.05, 3.63) is 22.7 Å². The number of anilines is 1. The van der Waals surface area contributed by atoms with E-state index >= 15 is 0 Å². The van der Waals surface area contributed by atoms with Gasteiger partial charge in [0.15, 0.2) is 6.23 Å². The molecule has 8 nitrogen and oxygen atoms in total.